The Hall–Kier alpha value is -1.50. The zero-order valence-corrected chi connectivity index (χ0v) is 17.2. The highest BCUT2D eigenvalue weighted by atomic mass is 16.6. The Balaban J connectivity index is 1.88. The molecule has 0 aromatic carbocycles. The SMILES string of the molecule is CC1=C(C)C2C(C)NC(=O)C23C(=O)CC(O)C2(C)OC2C(C)CC=CC3C1O. The number of hydrogen-bond acceptors (Lipinski definition) is 5. The van der Waals surface area contributed by atoms with E-state index in [0.29, 0.717) is 6.42 Å². The quantitative estimate of drug-likeness (QED) is 0.331. The number of fused-ring (bicyclic) bond motifs is 1. The largest absolute Gasteiger partial charge is 0.390 e. The molecule has 2 aliphatic carbocycles. The van der Waals surface area contributed by atoms with Crippen molar-refractivity contribution < 1.29 is 24.5 Å². The van der Waals surface area contributed by atoms with Gasteiger partial charge in [0.15, 0.2) is 5.78 Å². The van der Waals surface area contributed by atoms with Crippen molar-refractivity contribution >= 4 is 11.7 Å². The van der Waals surface area contributed by atoms with Gasteiger partial charge in [0.1, 0.15) is 11.0 Å². The molecule has 28 heavy (non-hydrogen) atoms. The lowest BCUT2D eigenvalue weighted by Crippen LogP contribution is -2.56. The molecule has 9 unspecified atom stereocenters. The van der Waals surface area contributed by atoms with Crippen molar-refractivity contribution in [3.63, 3.8) is 0 Å². The standard InChI is InChI=1S/C22H31NO5/c1-10-7-6-8-14-18(26)12(3)11(2)17-13(4)23-20(27)22(14,17)16(25)9-15(24)21(5)19(10)28-21/h6,8,10,13-15,17-19,24,26H,7,9H2,1-5H3,(H,23,27). The van der Waals surface area contributed by atoms with Crippen molar-refractivity contribution in [2.75, 3.05) is 0 Å². The average molecular weight is 389 g/mol. The fourth-order valence-corrected chi connectivity index (χ4v) is 6.06. The maximum Gasteiger partial charge on any atom is 0.235 e. The first-order valence-corrected chi connectivity index (χ1v) is 10.3. The molecule has 154 valence electrons. The number of ketones is 1. The van der Waals surface area contributed by atoms with Crippen LogP contribution >= 0.6 is 0 Å². The number of aliphatic hydroxyl groups is 2. The third kappa shape index (κ3) is 2.37. The van der Waals surface area contributed by atoms with Crippen LogP contribution in [0.15, 0.2) is 23.3 Å². The molecule has 3 N–H and O–H groups in total. The minimum atomic E-state index is -1.39. The number of ether oxygens (including phenoxy) is 1. The molecule has 6 nitrogen and oxygen atoms in total. The van der Waals surface area contributed by atoms with Crippen LogP contribution in [0.4, 0.5) is 0 Å². The number of amides is 1. The highest BCUT2D eigenvalue weighted by Crippen LogP contribution is 2.56. The van der Waals surface area contributed by atoms with Gasteiger partial charge in [-0.3, -0.25) is 9.59 Å². The molecule has 4 rings (SSSR count). The number of hydrogen-bond donors (Lipinski definition) is 3. The normalized spacial score (nSPS) is 51.0. The van der Waals surface area contributed by atoms with Crippen LogP contribution in [-0.2, 0) is 14.3 Å². The number of aliphatic hydroxyl groups excluding tert-OH is 2. The van der Waals surface area contributed by atoms with E-state index in [1.54, 1.807) is 0 Å². The summed E-state index contributed by atoms with van der Waals surface area (Å²) in [4.78, 5) is 27.0. The van der Waals surface area contributed by atoms with E-state index in [9.17, 15) is 19.8 Å². The molecule has 0 saturated carbocycles. The number of Topliss-reactive ketones (excluding diaryl/α,β-unsaturated/α-hetero) is 1. The summed E-state index contributed by atoms with van der Waals surface area (Å²) in [5.74, 6) is -1.45. The fraction of sp³-hybridized carbons (Fsp3) is 0.727. The molecule has 0 aromatic rings. The molecule has 2 aliphatic heterocycles. The Labute approximate surface area is 166 Å². The first-order chi connectivity index (χ1) is 13.1. The summed E-state index contributed by atoms with van der Waals surface area (Å²) in [6, 6.07) is -0.212. The van der Waals surface area contributed by atoms with Crippen molar-refractivity contribution in [2.24, 2.45) is 23.2 Å². The number of allylic oxidation sites excluding steroid dienone is 1. The lowest BCUT2D eigenvalue weighted by molar-refractivity contribution is -0.149. The van der Waals surface area contributed by atoms with Crippen molar-refractivity contribution in [3.8, 4) is 0 Å². The van der Waals surface area contributed by atoms with E-state index in [2.05, 4.69) is 12.2 Å². The van der Waals surface area contributed by atoms with E-state index in [0.717, 1.165) is 11.1 Å². The summed E-state index contributed by atoms with van der Waals surface area (Å²) in [5.41, 5.74) is -0.438. The van der Waals surface area contributed by atoms with E-state index in [-0.39, 0.29) is 42.1 Å². The van der Waals surface area contributed by atoms with Gasteiger partial charge in [0.05, 0.1) is 18.3 Å². The Bertz CT molecular complexity index is 788. The first-order valence-electron chi connectivity index (χ1n) is 10.3. The van der Waals surface area contributed by atoms with Crippen LogP contribution in [0.2, 0.25) is 0 Å². The van der Waals surface area contributed by atoms with Gasteiger partial charge < -0.3 is 20.3 Å². The van der Waals surface area contributed by atoms with Gasteiger partial charge >= 0.3 is 0 Å². The van der Waals surface area contributed by atoms with Crippen LogP contribution in [0, 0.1) is 23.2 Å². The lowest BCUT2D eigenvalue weighted by atomic mass is 9.55. The van der Waals surface area contributed by atoms with Gasteiger partial charge in [-0.05, 0) is 45.6 Å². The van der Waals surface area contributed by atoms with Crippen LogP contribution in [-0.4, -0.2) is 51.9 Å². The van der Waals surface area contributed by atoms with Crippen LogP contribution in [0.3, 0.4) is 0 Å². The van der Waals surface area contributed by atoms with Crippen molar-refractivity contribution in [1.82, 2.24) is 5.32 Å². The first kappa shape index (κ1) is 19.8. The highest BCUT2D eigenvalue weighted by Gasteiger charge is 2.68. The number of epoxide rings is 1. The zero-order chi connectivity index (χ0) is 20.6. The average Bonchev–Trinajstić information content (AvgIpc) is 3.25. The van der Waals surface area contributed by atoms with Crippen molar-refractivity contribution in [1.29, 1.82) is 0 Å². The summed E-state index contributed by atoms with van der Waals surface area (Å²) in [6.45, 7) is 9.58. The Morgan fingerprint density at radius 2 is 1.86 bits per heavy atom. The Kier molecular flexibility index (Phi) is 4.42. The van der Waals surface area contributed by atoms with E-state index >= 15 is 0 Å². The highest BCUT2D eigenvalue weighted by molar-refractivity contribution is 6.09. The number of rotatable bonds is 0. The van der Waals surface area contributed by atoms with Crippen LogP contribution < -0.4 is 5.32 Å². The smallest absolute Gasteiger partial charge is 0.235 e. The van der Waals surface area contributed by atoms with Crippen LogP contribution in [0.5, 0.6) is 0 Å². The zero-order valence-electron chi connectivity index (χ0n) is 17.2. The van der Waals surface area contributed by atoms with Gasteiger partial charge in [0, 0.05) is 24.3 Å². The summed E-state index contributed by atoms with van der Waals surface area (Å²) < 4.78 is 5.81. The monoisotopic (exact) mass is 389 g/mol. The van der Waals surface area contributed by atoms with E-state index in [1.807, 2.05) is 39.8 Å². The number of nitrogens with one attached hydrogen (secondary N) is 1. The van der Waals surface area contributed by atoms with Crippen LogP contribution in [0.1, 0.15) is 47.5 Å². The summed E-state index contributed by atoms with van der Waals surface area (Å²) in [5, 5.41) is 24.9. The maximum absolute atomic E-state index is 13.7. The third-order valence-corrected chi connectivity index (χ3v) is 7.88. The fourth-order valence-electron chi connectivity index (χ4n) is 6.06. The molecule has 6 heteroatoms. The number of carbonyl (C=O) groups excluding carboxylic acids is 2. The van der Waals surface area contributed by atoms with E-state index in [4.69, 9.17) is 4.74 Å². The summed E-state index contributed by atoms with van der Waals surface area (Å²) >= 11 is 0. The molecule has 2 saturated heterocycles. The van der Waals surface area contributed by atoms with Crippen molar-refractivity contribution in [2.45, 2.75) is 77.4 Å². The second-order valence-electron chi connectivity index (χ2n) is 9.45. The molecule has 0 bridgehead atoms. The lowest BCUT2D eigenvalue weighted by Gasteiger charge is -2.46. The van der Waals surface area contributed by atoms with Gasteiger partial charge in [-0.1, -0.05) is 24.6 Å². The second kappa shape index (κ2) is 6.25. The minimum Gasteiger partial charge on any atom is -0.390 e. The van der Waals surface area contributed by atoms with E-state index in [1.165, 1.54) is 0 Å². The van der Waals surface area contributed by atoms with Gasteiger partial charge in [-0.25, -0.2) is 0 Å². The Morgan fingerprint density at radius 3 is 2.54 bits per heavy atom. The predicted molar refractivity (Wildman–Crippen MR) is 103 cm³/mol. The second-order valence-corrected chi connectivity index (χ2v) is 9.45. The molecule has 0 aromatic heterocycles. The van der Waals surface area contributed by atoms with Gasteiger partial charge in [-0.2, -0.15) is 0 Å². The topological polar surface area (TPSA) is 99.2 Å². The summed E-state index contributed by atoms with van der Waals surface area (Å²) in [6.07, 6.45) is 2.38. The molecular formula is C22H31NO5. The van der Waals surface area contributed by atoms with Crippen molar-refractivity contribution in [3.05, 3.63) is 23.3 Å². The molecule has 1 spiro atoms. The molecule has 2 fully saturated rings. The summed E-state index contributed by atoms with van der Waals surface area (Å²) in [7, 11) is 0. The van der Waals surface area contributed by atoms with Gasteiger partial charge in [0.2, 0.25) is 5.91 Å². The Morgan fingerprint density at radius 1 is 1.18 bits per heavy atom. The maximum atomic E-state index is 13.7. The molecule has 2 heterocycles. The van der Waals surface area contributed by atoms with E-state index < -0.39 is 29.1 Å². The third-order valence-electron chi connectivity index (χ3n) is 7.88. The van der Waals surface area contributed by atoms with Gasteiger partial charge in [-0.15, -0.1) is 0 Å². The van der Waals surface area contributed by atoms with Crippen LogP contribution in [0.25, 0.3) is 0 Å². The van der Waals surface area contributed by atoms with Gasteiger partial charge in [0.25, 0.3) is 0 Å². The number of carbonyl (C=O) groups is 2. The predicted octanol–water partition coefficient (Wildman–Crippen LogP) is 1.51. The molecule has 1 amide bonds. The molecular weight excluding hydrogens is 358 g/mol. The molecule has 9 atom stereocenters. The molecule has 4 aliphatic rings. The minimum absolute atomic E-state index is 0.115. The molecule has 0 radical (unpaired) electrons.